The van der Waals surface area contributed by atoms with E-state index in [0.29, 0.717) is 16.1 Å². The summed E-state index contributed by atoms with van der Waals surface area (Å²) >= 11 is 5.78. The molecule has 0 spiro atoms. The molecule has 1 atom stereocenters. The number of ether oxygens (including phenoxy) is 1. The maximum Gasteiger partial charge on any atom is 0.307 e. The van der Waals surface area contributed by atoms with Gasteiger partial charge in [0.25, 0.3) is 0 Å². The van der Waals surface area contributed by atoms with Crippen LogP contribution in [0, 0.1) is 11.3 Å². The fourth-order valence-corrected chi connectivity index (χ4v) is 1.40. The molecule has 0 saturated heterocycles. The minimum absolute atomic E-state index is 0.0724. The van der Waals surface area contributed by atoms with Crippen LogP contribution < -0.4 is 5.73 Å². The molecule has 0 unspecified atom stereocenters. The molecule has 0 fully saturated rings. The van der Waals surface area contributed by atoms with Gasteiger partial charge in [0, 0.05) is 6.04 Å². The van der Waals surface area contributed by atoms with E-state index >= 15 is 0 Å². The molecule has 84 valence electrons. The first-order valence-electron chi connectivity index (χ1n) is 4.60. The predicted molar refractivity (Wildman–Crippen MR) is 59.7 cm³/mol. The summed E-state index contributed by atoms with van der Waals surface area (Å²) in [5.74, 6) is -0.388. The number of esters is 1. The van der Waals surface area contributed by atoms with Gasteiger partial charge in [0.2, 0.25) is 0 Å². The zero-order valence-electron chi connectivity index (χ0n) is 8.74. The summed E-state index contributed by atoms with van der Waals surface area (Å²) < 4.78 is 4.51. The van der Waals surface area contributed by atoms with Crippen molar-refractivity contribution in [2.45, 2.75) is 12.5 Å². The molecule has 4 nitrogen and oxygen atoms in total. The number of hydrogen-bond donors (Lipinski definition) is 1. The summed E-state index contributed by atoms with van der Waals surface area (Å²) in [6.45, 7) is 0. The highest BCUT2D eigenvalue weighted by molar-refractivity contribution is 6.31. The van der Waals surface area contributed by atoms with Gasteiger partial charge < -0.3 is 10.5 Å². The number of halogens is 1. The normalized spacial score (nSPS) is 11.6. The molecule has 0 aliphatic rings. The van der Waals surface area contributed by atoms with Gasteiger partial charge in [0.05, 0.1) is 24.1 Å². The van der Waals surface area contributed by atoms with Crippen LogP contribution in [-0.2, 0) is 9.53 Å². The Kier molecular flexibility index (Phi) is 4.29. The van der Waals surface area contributed by atoms with E-state index in [4.69, 9.17) is 22.6 Å². The third-order valence-electron chi connectivity index (χ3n) is 2.15. The van der Waals surface area contributed by atoms with Crippen LogP contribution in [0.5, 0.6) is 0 Å². The lowest BCUT2D eigenvalue weighted by atomic mass is 10.0. The maximum atomic E-state index is 11.0. The van der Waals surface area contributed by atoms with Crippen LogP contribution in [0.3, 0.4) is 0 Å². The number of methoxy groups -OCH3 is 1. The van der Waals surface area contributed by atoms with Crippen molar-refractivity contribution in [2.24, 2.45) is 5.73 Å². The summed E-state index contributed by atoms with van der Waals surface area (Å²) in [7, 11) is 1.30. The van der Waals surface area contributed by atoms with Crippen molar-refractivity contribution in [1.82, 2.24) is 0 Å². The Balaban J connectivity index is 2.89. The molecule has 0 heterocycles. The van der Waals surface area contributed by atoms with Crippen molar-refractivity contribution in [3.8, 4) is 6.07 Å². The first-order chi connectivity index (χ1) is 7.58. The molecule has 0 radical (unpaired) electrons. The number of carbonyl (C=O) groups excluding carboxylic acids is 1. The molecule has 1 aromatic rings. The van der Waals surface area contributed by atoms with Gasteiger partial charge in [-0.2, -0.15) is 5.26 Å². The number of nitrogens with zero attached hydrogens (tertiary/aromatic N) is 1. The fourth-order valence-electron chi connectivity index (χ4n) is 1.24. The van der Waals surface area contributed by atoms with Crippen LogP contribution in [0.1, 0.15) is 23.6 Å². The second kappa shape index (κ2) is 5.50. The van der Waals surface area contributed by atoms with Crippen LogP contribution in [-0.4, -0.2) is 13.1 Å². The lowest BCUT2D eigenvalue weighted by Gasteiger charge is -2.11. The van der Waals surface area contributed by atoms with E-state index in [1.54, 1.807) is 18.2 Å². The monoisotopic (exact) mass is 238 g/mol. The van der Waals surface area contributed by atoms with Gasteiger partial charge in [0.15, 0.2) is 0 Å². The summed E-state index contributed by atoms with van der Waals surface area (Å²) in [5.41, 5.74) is 6.83. The molecule has 5 heteroatoms. The highest BCUT2D eigenvalue weighted by atomic mass is 35.5. The highest BCUT2D eigenvalue weighted by Gasteiger charge is 2.13. The summed E-state index contributed by atoms with van der Waals surface area (Å²) in [5, 5.41) is 9.16. The van der Waals surface area contributed by atoms with Gasteiger partial charge in [-0.15, -0.1) is 0 Å². The molecule has 0 aliphatic heterocycles. The summed E-state index contributed by atoms with van der Waals surface area (Å²) in [6, 6.07) is 6.33. The van der Waals surface area contributed by atoms with Gasteiger partial charge in [-0.05, 0) is 17.7 Å². The first kappa shape index (κ1) is 12.5. The van der Waals surface area contributed by atoms with Gasteiger partial charge in [0.1, 0.15) is 6.07 Å². The minimum atomic E-state index is -0.489. The van der Waals surface area contributed by atoms with E-state index in [9.17, 15) is 4.79 Å². The van der Waals surface area contributed by atoms with Crippen LogP contribution in [0.2, 0.25) is 5.02 Å². The van der Waals surface area contributed by atoms with Crippen molar-refractivity contribution in [1.29, 1.82) is 5.26 Å². The second-order valence-electron chi connectivity index (χ2n) is 3.24. The van der Waals surface area contributed by atoms with Gasteiger partial charge in [-0.3, -0.25) is 4.79 Å². The second-order valence-corrected chi connectivity index (χ2v) is 3.65. The number of hydrogen-bond acceptors (Lipinski definition) is 4. The standard InChI is InChI=1S/C11H11ClN2O2/c1-16-11(15)5-10(14)7-2-3-9(12)8(4-7)6-13/h2-4,10H,5,14H2,1H3/t10-/m1/s1. The number of benzene rings is 1. The summed E-state index contributed by atoms with van der Waals surface area (Å²) in [6.07, 6.45) is 0.0724. The zero-order valence-corrected chi connectivity index (χ0v) is 9.49. The molecule has 1 aromatic carbocycles. The minimum Gasteiger partial charge on any atom is -0.469 e. The predicted octanol–water partition coefficient (Wildman–Crippen LogP) is 1.77. The molecule has 0 amide bonds. The first-order valence-corrected chi connectivity index (χ1v) is 4.98. The highest BCUT2D eigenvalue weighted by Crippen LogP contribution is 2.21. The van der Waals surface area contributed by atoms with E-state index in [1.807, 2.05) is 6.07 Å². The molecule has 0 bridgehead atoms. The molecular weight excluding hydrogens is 228 g/mol. The Morgan fingerprint density at radius 3 is 2.94 bits per heavy atom. The summed E-state index contributed by atoms with van der Waals surface area (Å²) in [4.78, 5) is 11.0. The quantitative estimate of drug-likeness (QED) is 0.815. The maximum absolute atomic E-state index is 11.0. The Labute approximate surface area is 98.6 Å². The average molecular weight is 239 g/mol. The molecule has 0 saturated carbocycles. The van der Waals surface area contributed by atoms with Crippen molar-refractivity contribution in [3.63, 3.8) is 0 Å². The average Bonchev–Trinajstić information content (AvgIpc) is 2.29. The molecular formula is C11H11ClN2O2. The number of carbonyl (C=O) groups is 1. The van der Waals surface area contributed by atoms with Crippen LogP contribution in [0.25, 0.3) is 0 Å². The van der Waals surface area contributed by atoms with Gasteiger partial charge >= 0.3 is 5.97 Å². The lowest BCUT2D eigenvalue weighted by Crippen LogP contribution is -2.16. The van der Waals surface area contributed by atoms with Gasteiger partial charge in [-0.25, -0.2) is 0 Å². The topological polar surface area (TPSA) is 76.1 Å². The van der Waals surface area contributed by atoms with E-state index in [-0.39, 0.29) is 12.4 Å². The van der Waals surface area contributed by atoms with E-state index in [0.717, 1.165) is 0 Å². The van der Waals surface area contributed by atoms with E-state index in [2.05, 4.69) is 4.74 Å². The largest absolute Gasteiger partial charge is 0.469 e. The smallest absolute Gasteiger partial charge is 0.307 e. The molecule has 16 heavy (non-hydrogen) atoms. The van der Waals surface area contributed by atoms with Crippen LogP contribution in [0.15, 0.2) is 18.2 Å². The fraction of sp³-hybridized carbons (Fsp3) is 0.273. The van der Waals surface area contributed by atoms with Crippen LogP contribution in [0.4, 0.5) is 0 Å². The number of nitriles is 1. The SMILES string of the molecule is COC(=O)C[C@@H](N)c1ccc(Cl)c(C#N)c1. The van der Waals surface area contributed by atoms with Crippen molar-refractivity contribution in [3.05, 3.63) is 34.3 Å². The lowest BCUT2D eigenvalue weighted by molar-refractivity contribution is -0.141. The van der Waals surface area contributed by atoms with Gasteiger partial charge in [-0.1, -0.05) is 17.7 Å². The molecule has 2 N–H and O–H groups in total. The Morgan fingerprint density at radius 1 is 1.69 bits per heavy atom. The van der Waals surface area contributed by atoms with E-state index in [1.165, 1.54) is 7.11 Å². The zero-order chi connectivity index (χ0) is 12.1. The Bertz CT molecular complexity index is 440. The third kappa shape index (κ3) is 2.96. The van der Waals surface area contributed by atoms with Crippen molar-refractivity contribution >= 4 is 17.6 Å². The molecule has 0 aromatic heterocycles. The number of rotatable bonds is 3. The van der Waals surface area contributed by atoms with Crippen molar-refractivity contribution in [2.75, 3.05) is 7.11 Å². The van der Waals surface area contributed by atoms with Crippen LogP contribution >= 0.6 is 11.6 Å². The third-order valence-corrected chi connectivity index (χ3v) is 2.48. The van der Waals surface area contributed by atoms with Crippen molar-refractivity contribution < 1.29 is 9.53 Å². The van der Waals surface area contributed by atoms with E-state index < -0.39 is 6.04 Å². The molecule has 0 aliphatic carbocycles. The Hall–Kier alpha value is -1.57. The Morgan fingerprint density at radius 2 is 2.38 bits per heavy atom. The number of nitrogens with two attached hydrogens (primary N) is 1. The molecule has 1 rings (SSSR count).